The van der Waals surface area contributed by atoms with Gasteiger partial charge < -0.3 is 9.80 Å². The number of hydrogen-bond donors (Lipinski definition) is 0. The van der Waals surface area contributed by atoms with Gasteiger partial charge >= 0.3 is 0 Å². The van der Waals surface area contributed by atoms with E-state index in [4.69, 9.17) is 0 Å². The Labute approximate surface area is 196 Å². The van der Waals surface area contributed by atoms with Gasteiger partial charge in [-0.05, 0) is 74.1 Å². The van der Waals surface area contributed by atoms with Gasteiger partial charge in [-0.3, -0.25) is 0 Å². The molecule has 2 heteroatoms. The van der Waals surface area contributed by atoms with Crippen molar-refractivity contribution in [1.82, 2.24) is 0 Å². The van der Waals surface area contributed by atoms with Crippen LogP contribution in [0.5, 0.6) is 0 Å². The van der Waals surface area contributed by atoms with E-state index in [1.54, 1.807) is 11.1 Å². The van der Waals surface area contributed by atoms with E-state index in [0.717, 1.165) is 12.5 Å². The molecular formula is C30H42N2. The fourth-order valence-electron chi connectivity index (χ4n) is 5.97. The molecule has 0 N–H and O–H groups in total. The first-order valence-electron chi connectivity index (χ1n) is 13.2. The van der Waals surface area contributed by atoms with Crippen molar-refractivity contribution in [1.29, 1.82) is 0 Å². The van der Waals surface area contributed by atoms with E-state index in [9.17, 15) is 0 Å². The van der Waals surface area contributed by atoms with Crippen LogP contribution in [0.2, 0.25) is 0 Å². The number of aryl methyl sites for hydroxylation is 1. The van der Waals surface area contributed by atoms with Crippen LogP contribution in [0.15, 0.2) is 60.9 Å². The molecule has 0 fully saturated rings. The Bertz CT molecular complexity index is 886. The molecule has 0 saturated carbocycles. The molecule has 172 valence electrons. The Morgan fingerprint density at radius 2 is 1.69 bits per heavy atom. The molecule has 0 saturated heterocycles. The minimum atomic E-state index is 0.545. The van der Waals surface area contributed by atoms with Crippen LogP contribution < -0.4 is 9.80 Å². The van der Waals surface area contributed by atoms with E-state index in [2.05, 4.69) is 78.8 Å². The Hall–Kier alpha value is -2.22. The van der Waals surface area contributed by atoms with E-state index >= 15 is 0 Å². The van der Waals surface area contributed by atoms with Gasteiger partial charge in [-0.1, -0.05) is 82.5 Å². The largest absolute Gasteiger partial charge is 0.326 e. The lowest BCUT2D eigenvalue weighted by Crippen LogP contribution is -2.36. The molecule has 2 aromatic rings. The van der Waals surface area contributed by atoms with Crippen molar-refractivity contribution in [3.8, 4) is 0 Å². The molecule has 0 radical (unpaired) electrons. The number of para-hydroxylation sites is 2. The molecular weight excluding hydrogens is 388 g/mol. The van der Waals surface area contributed by atoms with Crippen molar-refractivity contribution < 1.29 is 0 Å². The molecule has 0 bridgehead atoms. The Morgan fingerprint density at radius 3 is 2.50 bits per heavy atom. The molecule has 2 nitrogen and oxygen atoms in total. The summed E-state index contributed by atoms with van der Waals surface area (Å²) in [4.78, 5) is 5.06. The van der Waals surface area contributed by atoms with Crippen molar-refractivity contribution in [2.24, 2.45) is 0 Å². The number of nitrogens with zero attached hydrogens (tertiary/aromatic N) is 2. The average Bonchev–Trinajstić information content (AvgIpc) is 3.10. The molecule has 2 unspecified atom stereocenters. The van der Waals surface area contributed by atoms with Crippen LogP contribution in [-0.4, -0.2) is 12.6 Å². The molecule has 0 spiro atoms. The highest BCUT2D eigenvalue weighted by Gasteiger charge is 2.33. The average molecular weight is 431 g/mol. The summed E-state index contributed by atoms with van der Waals surface area (Å²) in [5, 5.41) is 0. The number of benzene rings is 2. The highest BCUT2D eigenvalue weighted by molar-refractivity contribution is 5.82. The first-order valence-corrected chi connectivity index (χ1v) is 13.2. The smallest absolute Gasteiger partial charge is 0.106 e. The fourth-order valence-corrected chi connectivity index (χ4v) is 5.97. The predicted molar refractivity (Wildman–Crippen MR) is 140 cm³/mol. The summed E-state index contributed by atoms with van der Waals surface area (Å²) in [6.45, 7) is 10.3. The van der Waals surface area contributed by atoms with Crippen molar-refractivity contribution in [3.63, 3.8) is 0 Å². The second-order valence-corrected chi connectivity index (χ2v) is 9.80. The molecule has 2 atom stereocenters. The molecule has 0 aromatic heterocycles. The van der Waals surface area contributed by atoms with Crippen LogP contribution in [0.4, 0.5) is 11.4 Å². The molecule has 1 aliphatic heterocycles. The summed E-state index contributed by atoms with van der Waals surface area (Å²) in [5.41, 5.74) is 5.95. The zero-order chi connectivity index (χ0) is 22.3. The Balaban J connectivity index is 1.45. The van der Waals surface area contributed by atoms with Gasteiger partial charge in [-0.2, -0.15) is 0 Å². The van der Waals surface area contributed by atoms with Gasteiger partial charge in [0.1, 0.15) is 5.82 Å². The highest BCUT2D eigenvalue weighted by Crippen LogP contribution is 2.44. The summed E-state index contributed by atoms with van der Waals surface area (Å²) >= 11 is 0. The van der Waals surface area contributed by atoms with Crippen LogP contribution >= 0.6 is 0 Å². The molecule has 1 heterocycles. The third-order valence-electron chi connectivity index (χ3n) is 7.58. The zero-order valence-electron chi connectivity index (χ0n) is 20.4. The molecule has 32 heavy (non-hydrogen) atoms. The highest BCUT2D eigenvalue weighted by atomic mass is 15.4. The third-order valence-corrected chi connectivity index (χ3v) is 7.58. The number of hydrogen-bond acceptors (Lipinski definition) is 2. The molecule has 1 aliphatic carbocycles. The lowest BCUT2D eigenvalue weighted by Gasteiger charge is -2.33. The Morgan fingerprint density at radius 1 is 0.906 bits per heavy atom. The molecule has 0 amide bonds. The van der Waals surface area contributed by atoms with Crippen LogP contribution in [0.25, 0.3) is 0 Å². The molecule has 2 aromatic carbocycles. The zero-order valence-corrected chi connectivity index (χ0v) is 20.4. The quantitative estimate of drug-likeness (QED) is 0.330. The topological polar surface area (TPSA) is 6.48 Å². The minimum Gasteiger partial charge on any atom is -0.326 e. The van der Waals surface area contributed by atoms with Gasteiger partial charge in [0, 0.05) is 12.6 Å². The van der Waals surface area contributed by atoms with E-state index < -0.39 is 0 Å². The standard InChI is InChI=1S/C30H42N2/c1-4-6-11-23-31-24(3)32(30-22-10-9-21-29(30)31)27(14-5-2)19-13-18-26-17-12-16-25-15-7-8-20-28(25)26/h7-10,15,20-22,26-27H,3-6,11-14,16-19,23H2,1-2H3. The van der Waals surface area contributed by atoms with Crippen LogP contribution in [-0.2, 0) is 6.42 Å². The van der Waals surface area contributed by atoms with Gasteiger partial charge in [0.15, 0.2) is 0 Å². The van der Waals surface area contributed by atoms with Gasteiger partial charge in [-0.15, -0.1) is 0 Å². The van der Waals surface area contributed by atoms with Gasteiger partial charge in [0.25, 0.3) is 0 Å². The van der Waals surface area contributed by atoms with Crippen molar-refractivity contribution in [3.05, 3.63) is 72.1 Å². The number of fused-ring (bicyclic) bond motifs is 2. The SMILES string of the molecule is C=C1N(CCCCC)c2ccccc2N1C(CCC)CCCC1CCCc2ccccc21. The van der Waals surface area contributed by atoms with Crippen LogP contribution in [0.3, 0.4) is 0 Å². The Kier molecular flexibility index (Phi) is 7.95. The minimum absolute atomic E-state index is 0.545. The van der Waals surface area contributed by atoms with E-state index in [-0.39, 0.29) is 0 Å². The lowest BCUT2D eigenvalue weighted by atomic mass is 9.80. The summed E-state index contributed by atoms with van der Waals surface area (Å²) in [7, 11) is 0. The van der Waals surface area contributed by atoms with Gasteiger partial charge in [0.2, 0.25) is 0 Å². The van der Waals surface area contributed by atoms with E-state index in [1.165, 1.54) is 87.8 Å². The number of unbranched alkanes of at least 4 members (excludes halogenated alkanes) is 2. The third kappa shape index (κ3) is 4.90. The second kappa shape index (κ2) is 11.1. The summed E-state index contributed by atoms with van der Waals surface area (Å²) in [6.07, 6.45) is 14.1. The molecule has 2 aliphatic rings. The molecule has 4 rings (SSSR count). The van der Waals surface area contributed by atoms with Gasteiger partial charge in [-0.25, -0.2) is 0 Å². The van der Waals surface area contributed by atoms with E-state index in [0.29, 0.717) is 6.04 Å². The fraction of sp³-hybridized carbons (Fsp3) is 0.533. The number of rotatable bonds is 11. The van der Waals surface area contributed by atoms with E-state index in [1.807, 2.05) is 0 Å². The first-order chi connectivity index (χ1) is 15.7. The monoisotopic (exact) mass is 430 g/mol. The van der Waals surface area contributed by atoms with Crippen LogP contribution in [0.1, 0.15) is 95.1 Å². The van der Waals surface area contributed by atoms with Gasteiger partial charge in [0.05, 0.1) is 11.4 Å². The second-order valence-electron chi connectivity index (χ2n) is 9.80. The maximum Gasteiger partial charge on any atom is 0.106 e. The van der Waals surface area contributed by atoms with Crippen molar-refractivity contribution >= 4 is 11.4 Å². The maximum absolute atomic E-state index is 4.59. The summed E-state index contributed by atoms with van der Waals surface area (Å²) in [6, 6.07) is 18.7. The van der Waals surface area contributed by atoms with Crippen LogP contribution in [0, 0.1) is 0 Å². The van der Waals surface area contributed by atoms with Crippen molar-refractivity contribution in [2.45, 2.75) is 96.4 Å². The summed E-state index contributed by atoms with van der Waals surface area (Å²) < 4.78 is 0. The predicted octanol–water partition coefficient (Wildman–Crippen LogP) is 8.43. The normalized spacial score (nSPS) is 18.6. The first kappa shape index (κ1) is 23.0. The maximum atomic E-state index is 4.59. The lowest BCUT2D eigenvalue weighted by molar-refractivity contribution is 0.456. The van der Waals surface area contributed by atoms with Crippen molar-refractivity contribution in [2.75, 3.05) is 16.3 Å². The summed E-state index contributed by atoms with van der Waals surface area (Å²) in [5.74, 6) is 1.95. The number of anilines is 2.